The van der Waals surface area contributed by atoms with Gasteiger partial charge in [0.05, 0.1) is 29.6 Å². The second kappa shape index (κ2) is 8.98. The second-order valence-electron chi connectivity index (χ2n) is 6.68. The predicted octanol–water partition coefficient (Wildman–Crippen LogP) is 3.08. The molecular formula is C22H18N4O5S. The molecule has 4 rings (SSSR count). The molecule has 2 aromatic carbocycles. The smallest absolute Gasteiger partial charge is 0.340 e. The van der Waals surface area contributed by atoms with E-state index < -0.39 is 11.9 Å². The Morgan fingerprint density at radius 2 is 1.81 bits per heavy atom. The molecule has 0 spiro atoms. The number of para-hydroxylation sites is 2. The largest absolute Gasteiger partial charge is 0.496 e. The molecule has 2 heterocycles. The number of benzene rings is 2. The highest BCUT2D eigenvalue weighted by atomic mass is 32.1. The maximum Gasteiger partial charge on any atom is 0.340 e. The quantitative estimate of drug-likeness (QED) is 0.449. The van der Waals surface area contributed by atoms with Crippen molar-refractivity contribution in [3.63, 3.8) is 0 Å². The van der Waals surface area contributed by atoms with E-state index in [0.29, 0.717) is 27.0 Å². The van der Waals surface area contributed by atoms with E-state index in [9.17, 15) is 14.4 Å². The van der Waals surface area contributed by atoms with Crippen molar-refractivity contribution < 1.29 is 19.1 Å². The Balaban J connectivity index is 1.51. The van der Waals surface area contributed by atoms with Crippen molar-refractivity contribution in [3.05, 3.63) is 86.8 Å². The van der Waals surface area contributed by atoms with Gasteiger partial charge in [0.2, 0.25) is 4.96 Å². The van der Waals surface area contributed by atoms with E-state index in [1.54, 1.807) is 49.4 Å². The number of aromatic nitrogens is 3. The van der Waals surface area contributed by atoms with Crippen molar-refractivity contribution >= 4 is 33.9 Å². The van der Waals surface area contributed by atoms with Gasteiger partial charge >= 0.3 is 5.97 Å². The Labute approximate surface area is 186 Å². The van der Waals surface area contributed by atoms with Crippen molar-refractivity contribution in [1.82, 2.24) is 14.6 Å². The molecule has 0 fully saturated rings. The highest BCUT2D eigenvalue weighted by Crippen LogP contribution is 2.22. The van der Waals surface area contributed by atoms with Gasteiger partial charge in [-0.15, -0.1) is 0 Å². The average Bonchev–Trinajstić information content (AvgIpc) is 3.18. The van der Waals surface area contributed by atoms with Crippen LogP contribution in [-0.2, 0) is 11.3 Å². The Hall–Kier alpha value is -4.05. The number of esters is 1. The van der Waals surface area contributed by atoms with Gasteiger partial charge < -0.3 is 14.8 Å². The Bertz CT molecular complexity index is 1380. The summed E-state index contributed by atoms with van der Waals surface area (Å²) in [6.45, 7) is 1.57. The van der Waals surface area contributed by atoms with Crippen molar-refractivity contribution in [2.75, 3.05) is 12.4 Å². The van der Waals surface area contributed by atoms with Crippen LogP contribution in [0, 0.1) is 6.92 Å². The van der Waals surface area contributed by atoms with Gasteiger partial charge in [-0.05, 0) is 31.2 Å². The molecule has 32 heavy (non-hydrogen) atoms. The topological polar surface area (TPSA) is 112 Å². The first-order valence-electron chi connectivity index (χ1n) is 9.53. The Morgan fingerprint density at radius 3 is 2.59 bits per heavy atom. The van der Waals surface area contributed by atoms with Gasteiger partial charge in [0.1, 0.15) is 17.4 Å². The number of aryl methyl sites for hydroxylation is 1. The summed E-state index contributed by atoms with van der Waals surface area (Å²) in [5, 5.41) is 7.50. The third-order valence-electron chi connectivity index (χ3n) is 4.50. The molecule has 0 aliphatic heterocycles. The van der Waals surface area contributed by atoms with Crippen molar-refractivity contribution in [1.29, 1.82) is 0 Å². The van der Waals surface area contributed by atoms with E-state index >= 15 is 0 Å². The number of rotatable bonds is 6. The predicted molar refractivity (Wildman–Crippen MR) is 118 cm³/mol. The standard InChI is InChI=1S/C22H18N4O5S/c1-13-25-26-19(27)11-14(23-22(26)32-13)12-31-21(29)15-7-3-5-9-17(15)24-20(28)16-8-4-6-10-18(16)30-2/h3-11H,12H2,1-2H3,(H,24,28). The summed E-state index contributed by atoms with van der Waals surface area (Å²) in [4.78, 5) is 42.3. The molecule has 1 N–H and O–H groups in total. The summed E-state index contributed by atoms with van der Waals surface area (Å²) >= 11 is 1.26. The summed E-state index contributed by atoms with van der Waals surface area (Å²) in [5.41, 5.74) is 0.741. The third-order valence-corrected chi connectivity index (χ3v) is 5.32. The average molecular weight is 450 g/mol. The van der Waals surface area contributed by atoms with E-state index in [1.807, 2.05) is 0 Å². The van der Waals surface area contributed by atoms with Crippen LogP contribution in [0.4, 0.5) is 5.69 Å². The number of carbonyl (C=O) groups excluding carboxylic acids is 2. The number of nitrogens with zero attached hydrogens (tertiary/aromatic N) is 3. The number of fused-ring (bicyclic) bond motifs is 1. The summed E-state index contributed by atoms with van der Waals surface area (Å²) in [6, 6.07) is 14.5. The first-order chi connectivity index (χ1) is 15.5. The molecule has 0 atom stereocenters. The number of methoxy groups -OCH3 is 1. The lowest BCUT2D eigenvalue weighted by Gasteiger charge is -2.12. The van der Waals surface area contributed by atoms with Crippen molar-refractivity contribution in [2.45, 2.75) is 13.5 Å². The minimum atomic E-state index is -0.664. The van der Waals surface area contributed by atoms with Gasteiger partial charge in [-0.2, -0.15) is 9.61 Å². The summed E-state index contributed by atoms with van der Waals surface area (Å²) in [5.74, 6) is -0.678. The number of hydrogen-bond donors (Lipinski definition) is 1. The molecule has 1 amide bonds. The van der Waals surface area contributed by atoms with Gasteiger partial charge in [-0.25, -0.2) is 9.78 Å². The molecule has 0 saturated heterocycles. The molecule has 0 radical (unpaired) electrons. The summed E-state index contributed by atoms with van der Waals surface area (Å²) in [6.07, 6.45) is 0. The molecule has 0 saturated carbocycles. The molecule has 0 bridgehead atoms. The highest BCUT2D eigenvalue weighted by Gasteiger charge is 2.18. The maximum absolute atomic E-state index is 12.7. The van der Waals surface area contributed by atoms with E-state index in [4.69, 9.17) is 9.47 Å². The van der Waals surface area contributed by atoms with Crippen LogP contribution in [0.3, 0.4) is 0 Å². The van der Waals surface area contributed by atoms with E-state index in [2.05, 4.69) is 15.4 Å². The zero-order valence-electron chi connectivity index (χ0n) is 17.2. The molecular weight excluding hydrogens is 432 g/mol. The van der Waals surface area contributed by atoms with Crippen LogP contribution < -0.4 is 15.6 Å². The van der Waals surface area contributed by atoms with Crippen molar-refractivity contribution in [2.24, 2.45) is 0 Å². The van der Waals surface area contributed by atoms with E-state index in [0.717, 1.165) is 0 Å². The first kappa shape index (κ1) is 21.2. The first-order valence-corrected chi connectivity index (χ1v) is 10.3. The summed E-state index contributed by atoms with van der Waals surface area (Å²) in [7, 11) is 1.47. The SMILES string of the molecule is COc1ccccc1C(=O)Nc1ccccc1C(=O)OCc1cc(=O)n2nc(C)sc2n1. The molecule has 9 nitrogen and oxygen atoms in total. The highest BCUT2D eigenvalue weighted by molar-refractivity contribution is 7.16. The zero-order chi connectivity index (χ0) is 22.7. The lowest BCUT2D eigenvalue weighted by atomic mass is 10.1. The lowest BCUT2D eigenvalue weighted by molar-refractivity contribution is 0.0469. The molecule has 4 aromatic rings. The van der Waals surface area contributed by atoms with E-state index in [1.165, 1.54) is 35.1 Å². The van der Waals surface area contributed by atoms with Crippen LogP contribution in [0.15, 0.2) is 59.4 Å². The van der Waals surface area contributed by atoms with Crippen LogP contribution in [0.25, 0.3) is 4.96 Å². The number of carbonyl (C=O) groups is 2. The lowest BCUT2D eigenvalue weighted by Crippen LogP contribution is -2.18. The third kappa shape index (κ3) is 4.35. The Morgan fingerprint density at radius 1 is 1.09 bits per heavy atom. The minimum Gasteiger partial charge on any atom is -0.496 e. The van der Waals surface area contributed by atoms with Crippen LogP contribution in [0.2, 0.25) is 0 Å². The monoisotopic (exact) mass is 450 g/mol. The van der Waals surface area contributed by atoms with Crippen LogP contribution in [0.1, 0.15) is 31.4 Å². The second-order valence-corrected chi connectivity index (χ2v) is 7.84. The molecule has 0 aliphatic carbocycles. The number of nitrogens with one attached hydrogen (secondary N) is 1. The van der Waals surface area contributed by atoms with Crippen molar-refractivity contribution in [3.8, 4) is 5.75 Å². The van der Waals surface area contributed by atoms with Gasteiger partial charge in [0, 0.05) is 6.07 Å². The molecule has 0 unspecified atom stereocenters. The fourth-order valence-electron chi connectivity index (χ4n) is 3.04. The van der Waals surface area contributed by atoms with Gasteiger partial charge in [0.25, 0.3) is 11.5 Å². The maximum atomic E-state index is 12.7. The fraction of sp³-hybridized carbons (Fsp3) is 0.136. The van der Waals surface area contributed by atoms with Crippen LogP contribution in [-0.4, -0.2) is 33.6 Å². The van der Waals surface area contributed by atoms with Crippen LogP contribution >= 0.6 is 11.3 Å². The number of ether oxygens (including phenoxy) is 2. The van der Waals surface area contributed by atoms with Gasteiger partial charge in [-0.3, -0.25) is 9.59 Å². The fourth-order valence-corrected chi connectivity index (χ4v) is 3.80. The number of anilines is 1. The number of hydrogen-bond acceptors (Lipinski definition) is 8. The normalized spacial score (nSPS) is 10.7. The number of amides is 1. The molecule has 0 aliphatic rings. The summed E-state index contributed by atoms with van der Waals surface area (Å²) < 4.78 is 11.8. The van der Waals surface area contributed by atoms with Crippen LogP contribution in [0.5, 0.6) is 5.75 Å². The zero-order valence-corrected chi connectivity index (χ0v) is 18.0. The van der Waals surface area contributed by atoms with Gasteiger partial charge in [-0.1, -0.05) is 35.6 Å². The molecule has 10 heteroatoms. The minimum absolute atomic E-state index is 0.169. The molecule has 2 aromatic heterocycles. The van der Waals surface area contributed by atoms with E-state index in [-0.39, 0.29) is 23.4 Å². The Kier molecular flexibility index (Phi) is 5.95. The van der Waals surface area contributed by atoms with Gasteiger partial charge in [0.15, 0.2) is 0 Å². The molecule has 162 valence electrons.